The van der Waals surface area contributed by atoms with E-state index < -0.39 is 0 Å². The van der Waals surface area contributed by atoms with Crippen LogP contribution in [0, 0.1) is 0 Å². The van der Waals surface area contributed by atoms with Crippen molar-refractivity contribution in [3.63, 3.8) is 0 Å². The zero-order valence-electron chi connectivity index (χ0n) is 12.1. The van der Waals surface area contributed by atoms with Gasteiger partial charge in [-0.3, -0.25) is 0 Å². The second-order valence-electron chi connectivity index (χ2n) is 4.85. The summed E-state index contributed by atoms with van der Waals surface area (Å²) in [6.45, 7) is 5.00. The van der Waals surface area contributed by atoms with Gasteiger partial charge in [0, 0.05) is 22.4 Å². The summed E-state index contributed by atoms with van der Waals surface area (Å²) in [5.74, 6) is 0.925. The number of para-hydroxylation sites is 1. The molecule has 0 amide bonds. The molecule has 3 aromatic rings. The van der Waals surface area contributed by atoms with Gasteiger partial charge in [0.15, 0.2) is 0 Å². The normalized spacial score (nSPS) is 11.3. The molecular formula is C17H19NO2S. The van der Waals surface area contributed by atoms with E-state index in [9.17, 15) is 0 Å². The number of thiophene rings is 1. The first-order chi connectivity index (χ1) is 10.4. The molecule has 0 saturated carbocycles. The van der Waals surface area contributed by atoms with Crippen molar-refractivity contribution in [2.24, 2.45) is 0 Å². The summed E-state index contributed by atoms with van der Waals surface area (Å²) < 4.78 is 11.8. The molecule has 0 atom stereocenters. The van der Waals surface area contributed by atoms with Crippen LogP contribution >= 0.6 is 11.3 Å². The molecule has 0 bridgehead atoms. The first-order valence-electron chi connectivity index (χ1n) is 7.18. The fraction of sp³-hybridized carbons (Fsp3) is 0.294. The summed E-state index contributed by atoms with van der Waals surface area (Å²) in [4.78, 5) is 1.24. The van der Waals surface area contributed by atoms with Crippen LogP contribution in [-0.4, -0.2) is 6.54 Å². The van der Waals surface area contributed by atoms with E-state index in [0.29, 0.717) is 13.2 Å². The van der Waals surface area contributed by atoms with Gasteiger partial charge in [0.1, 0.15) is 18.0 Å². The minimum Gasteiger partial charge on any atom is -0.458 e. The third-order valence-electron chi connectivity index (χ3n) is 3.39. The maximum Gasteiger partial charge on any atom is 0.135 e. The summed E-state index contributed by atoms with van der Waals surface area (Å²) in [6.07, 6.45) is 0. The standard InChI is InChI=1S/C17H19NO2S/c1-2-18-10-15-14-7-3-4-8-16(14)20-17(15)12-19-11-13-6-5-9-21-13/h3-9,18H,2,10-12H2,1H3. The zero-order valence-corrected chi connectivity index (χ0v) is 12.9. The topological polar surface area (TPSA) is 34.4 Å². The first kappa shape index (κ1) is 14.3. The molecule has 1 N–H and O–H groups in total. The Balaban J connectivity index is 1.76. The fourth-order valence-corrected chi connectivity index (χ4v) is 2.99. The molecule has 2 heterocycles. The lowest BCUT2D eigenvalue weighted by atomic mass is 10.1. The second-order valence-corrected chi connectivity index (χ2v) is 5.88. The molecule has 0 spiro atoms. The predicted octanol–water partition coefficient (Wildman–Crippen LogP) is 4.32. The Morgan fingerprint density at radius 2 is 2.05 bits per heavy atom. The molecule has 0 saturated heterocycles. The minimum atomic E-state index is 0.507. The highest BCUT2D eigenvalue weighted by Gasteiger charge is 2.13. The average molecular weight is 301 g/mol. The van der Waals surface area contributed by atoms with Gasteiger partial charge in [-0.1, -0.05) is 31.2 Å². The summed E-state index contributed by atoms with van der Waals surface area (Å²) in [5.41, 5.74) is 2.14. The van der Waals surface area contributed by atoms with Gasteiger partial charge in [0.25, 0.3) is 0 Å². The molecule has 1 aromatic carbocycles. The number of rotatable bonds is 7. The molecule has 0 aliphatic carbocycles. The van der Waals surface area contributed by atoms with E-state index in [1.807, 2.05) is 24.3 Å². The number of hydrogen-bond acceptors (Lipinski definition) is 4. The lowest BCUT2D eigenvalue weighted by Crippen LogP contribution is -2.12. The van der Waals surface area contributed by atoms with Gasteiger partial charge >= 0.3 is 0 Å². The summed E-state index contributed by atoms with van der Waals surface area (Å²) in [5, 5.41) is 6.61. The molecule has 0 unspecified atom stereocenters. The Kier molecular flexibility index (Phi) is 4.70. The molecule has 110 valence electrons. The van der Waals surface area contributed by atoms with Crippen LogP contribution < -0.4 is 5.32 Å². The number of furan rings is 1. The fourth-order valence-electron chi connectivity index (χ4n) is 2.35. The van der Waals surface area contributed by atoms with Crippen LogP contribution in [0.25, 0.3) is 11.0 Å². The van der Waals surface area contributed by atoms with Crippen molar-refractivity contribution in [3.05, 3.63) is 58.0 Å². The molecule has 0 aliphatic heterocycles. The molecule has 0 aliphatic rings. The second kappa shape index (κ2) is 6.89. The van der Waals surface area contributed by atoms with Crippen LogP contribution in [0.5, 0.6) is 0 Å². The maximum absolute atomic E-state index is 5.95. The predicted molar refractivity (Wildman–Crippen MR) is 86.4 cm³/mol. The summed E-state index contributed by atoms with van der Waals surface area (Å²) in [6, 6.07) is 12.3. The molecule has 0 radical (unpaired) electrons. The Morgan fingerprint density at radius 3 is 2.86 bits per heavy atom. The Labute approximate surface area is 128 Å². The Bertz CT molecular complexity index is 688. The van der Waals surface area contributed by atoms with E-state index in [4.69, 9.17) is 9.15 Å². The molecule has 21 heavy (non-hydrogen) atoms. The molecule has 0 fully saturated rings. The van der Waals surface area contributed by atoms with Crippen molar-refractivity contribution in [1.82, 2.24) is 5.32 Å². The quantitative estimate of drug-likeness (QED) is 0.705. The molecule has 3 rings (SSSR count). The number of hydrogen-bond donors (Lipinski definition) is 1. The van der Waals surface area contributed by atoms with Gasteiger partial charge in [-0.15, -0.1) is 11.3 Å². The summed E-state index contributed by atoms with van der Waals surface area (Å²) >= 11 is 1.71. The monoisotopic (exact) mass is 301 g/mol. The van der Waals surface area contributed by atoms with Crippen molar-refractivity contribution in [1.29, 1.82) is 0 Å². The third kappa shape index (κ3) is 3.35. The van der Waals surface area contributed by atoms with E-state index in [2.05, 4.69) is 29.8 Å². The minimum absolute atomic E-state index is 0.507. The third-order valence-corrected chi connectivity index (χ3v) is 4.24. The van der Waals surface area contributed by atoms with E-state index >= 15 is 0 Å². The van der Waals surface area contributed by atoms with Gasteiger partial charge in [0.05, 0.1) is 6.61 Å². The number of ether oxygens (including phenoxy) is 1. The largest absolute Gasteiger partial charge is 0.458 e. The van der Waals surface area contributed by atoms with Gasteiger partial charge in [-0.05, 0) is 24.1 Å². The van der Waals surface area contributed by atoms with Crippen LogP contribution in [0.4, 0.5) is 0 Å². The highest BCUT2D eigenvalue weighted by atomic mass is 32.1. The molecular weight excluding hydrogens is 282 g/mol. The van der Waals surface area contributed by atoms with Crippen molar-refractivity contribution in [2.45, 2.75) is 26.7 Å². The molecule has 2 aromatic heterocycles. The molecule has 3 nitrogen and oxygen atoms in total. The van der Waals surface area contributed by atoms with Gasteiger partial charge in [-0.2, -0.15) is 0 Å². The van der Waals surface area contributed by atoms with Crippen molar-refractivity contribution in [3.8, 4) is 0 Å². The number of benzene rings is 1. The van der Waals surface area contributed by atoms with Gasteiger partial charge < -0.3 is 14.5 Å². The van der Waals surface area contributed by atoms with Crippen LogP contribution in [0.1, 0.15) is 23.1 Å². The van der Waals surface area contributed by atoms with Crippen LogP contribution in [-0.2, 0) is 24.5 Å². The average Bonchev–Trinajstić information content (AvgIpc) is 3.13. The van der Waals surface area contributed by atoms with Gasteiger partial charge in [-0.25, -0.2) is 0 Å². The lowest BCUT2D eigenvalue weighted by molar-refractivity contribution is 0.0951. The maximum atomic E-state index is 5.95. The Hall–Kier alpha value is -1.62. The van der Waals surface area contributed by atoms with Crippen molar-refractivity contribution >= 4 is 22.3 Å². The van der Waals surface area contributed by atoms with Crippen molar-refractivity contribution < 1.29 is 9.15 Å². The molecule has 4 heteroatoms. The number of fused-ring (bicyclic) bond motifs is 1. The van der Waals surface area contributed by atoms with Crippen LogP contribution in [0.3, 0.4) is 0 Å². The highest BCUT2D eigenvalue weighted by Crippen LogP contribution is 2.26. The van der Waals surface area contributed by atoms with E-state index in [0.717, 1.165) is 24.4 Å². The highest BCUT2D eigenvalue weighted by molar-refractivity contribution is 7.09. The summed E-state index contributed by atoms with van der Waals surface area (Å²) in [7, 11) is 0. The van der Waals surface area contributed by atoms with Crippen LogP contribution in [0.15, 0.2) is 46.2 Å². The van der Waals surface area contributed by atoms with E-state index in [-0.39, 0.29) is 0 Å². The smallest absolute Gasteiger partial charge is 0.135 e. The first-order valence-corrected chi connectivity index (χ1v) is 8.06. The van der Waals surface area contributed by atoms with E-state index in [1.54, 1.807) is 11.3 Å². The zero-order chi connectivity index (χ0) is 14.5. The lowest BCUT2D eigenvalue weighted by Gasteiger charge is -2.05. The Morgan fingerprint density at radius 1 is 1.14 bits per heavy atom. The van der Waals surface area contributed by atoms with Crippen molar-refractivity contribution in [2.75, 3.05) is 6.54 Å². The van der Waals surface area contributed by atoms with E-state index in [1.165, 1.54) is 15.8 Å². The van der Waals surface area contributed by atoms with Crippen LogP contribution in [0.2, 0.25) is 0 Å². The SMILES string of the molecule is CCNCc1c(COCc2cccs2)oc2ccccc12. The van der Waals surface area contributed by atoms with Gasteiger partial charge in [0.2, 0.25) is 0 Å². The number of nitrogens with one attached hydrogen (secondary N) is 1.